The molecule has 0 atom stereocenters. The van der Waals surface area contributed by atoms with Crippen molar-refractivity contribution >= 4 is 45.9 Å². The Morgan fingerprint density at radius 3 is 2.71 bits per heavy atom. The van der Waals surface area contributed by atoms with Crippen molar-refractivity contribution in [1.29, 1.82) is 0 Å². The number of aromatic hydroxyl groups is 1. The number of phenolic OH excluding ortho intramolecular Hbond substituents is 1. The van der Waals surface area contributed by atoms with E-state index in [0.717, 1.165) is 16.3 Å². The summed E-state index contributed by atoms with van der Waals surface area (Å²) in [6, 6.07) is 14.7. The number of fused-ring (bicyclic) bond motifs is 1. The van der Waals surface area contributed by atoms with Crippen molar-refractivity contribution in [2.24, 2.45) is 0 Å². The maximum absolute atomic E-state index is 11.2. The highest BCUT2D eigenvalue weighted by atomic mass is 32.2. The second kappa shape index (κ2) is 7.92. The standard InChI is InChI=1S/C22H20N6O2S/c1-12(29)23-14-7-9-15(10-8-14)31-22-25-20-16(3-2-4-18(20)30)21(26-22)24-19-11-17(27-28-19)13-5-6-13/h2-4,7-11,13,30H,5-6H2,1H3,(H,23,29)(H2,24,25,26,27,28). The summed E-state index contributed by atoms with van der Waals surface area (Å²) in [6.45, 7) is 1.47. The Balaban J connectivity index is 1.46. The molecule has 2 aromatic carbocycles. The van der Waals surface area contributed by atoms with E-state index < -0.39 is 0 Å². The molecule has 0 radical (unpaired) electrons. The van der Waals surface area contributed by atoms with Crippen molar-refractivity contribution in [3.05, 3.63) is 54.2 Å². The van der Waals surface area contributed by atoms with Crippen molar-refractivity contribution < 1.29 is 9.90 Å². The Labute approximate surface area is 182 Å². The van der Waals surface area contributed by atoms with Crippen LogP contribution in [0.25, 0.3) is 10.9 Å². The van der Waals surface area contributed by atoms with Gasteiger partial charge in [-0.05, 0) is 61.0 Å². The molecule has 1 aliphatic rings. The van der Waals surface area contributed by atoms with Crippen LogP contribution in [-0.2, 0) is 4.79 Å². The molecule has 0 unspecified atom stereocenters. The molecule has 5 rings (SSSR count). The third-order valence-corrected chi connectivity index (χ3v) is 5.80. The van der Waals surface area contributed by atoms with Gasteiger partial charge in [-0.2, -0.15) is 5.10 Å². The van der Waals surface area contributed by atoms with E-state index in [1.54, 1.807) is 12.1 Å². The number of aromatic amines is 1. The maximum atomic E-state index is 11.2. The summed E-state index contributed by atoms with van der Waals surface area (Å²) in [7, 11) is 0. The van der Waals surface area contributed by atoms with E-state index in [-0.39, 0.29) is 11.7 Å². The SMILES string of the molecule is CC(=O)Nc1ccc(Sc2nc(Nc3cc(C4CC4)[nH]n3)c3cccc(O)c3n2)cc1. The van der Waals surface area contributed by atoms with Gasteiger partial charge in [-0.3, -0.25) is 9.89 Å². The molecular weight excluding hydrogens is 412 g/mol. The van der Waals surface area contributed by atoms with Gasteiger partial charge in [0, 0.05) is 40.6 Å². The van der Waals surface area contributed by atoms with Gasteiger partial charge in [0.25, 0.3) is 0 Å². The van der Waals surface area contributed by atoms with Crippen LogP contribution in [0, 0.1) is 0 Å². The summed E-state index contributed by atoms with van der Waals surface area (Å²) >= 11 is 1.37. The lowest BCUT2D eigenvalue weighted by Gasteiger charge is -2.10. The third kappa shape index (κ3) is 4.31. The Morgan fingerprint density at radius 2 is 1.97 bits per heavy atom. The zero-order valence-corrected chi connectivity index (χ0v) is 17.5. The minimum atomic E-state index is -0.118. The summed E-state index contributed by atoms with van der Waals surface area (Å²) in [4.78, 5) is 21.3. The maximum Gasteiger partial charge on any atom is 0.221 e. The van der Waals surface area contributed by atoms with Crippen molar-refractivity contribution in [1.82, 2.24) is 20.2 Å². The van der Waals surface area contributed by atoms with Gasteiger partial charge in [-0.25, -0.2) is 9.97 Å². The van der Waals surface area contributed by atoms with Gasteiger partial charge in [0.05, 0.1) is 0 Å². The van der Waals surface area contributed by atoms with Crippen LogP contribution in [0.3, 0.4) is 0 Å². The van der Waals surface area contributed by atoms with E-state index in [9.17, 15) is 9.90 Å². The number of benzene rings is 2. The Bertz CT molecular complexity index is 1270. The zero-order valence-electron chi connectivity index (χ0n) is 16.7. The minimum absolute atomic E-state index is 0.0894. The van der Waals surface area contributed by atoms with E-state index in [1.807, 2.05) is 36.4 Å². The number of carbonyl (C=O) groups excluding carboxylic acids is 1. The molecule has 1 amide bonds. The number of nitrogens with zero attached hydrogens (tertiary/aromatic N) is 3. The average Bonchev–Trinajstić information content (AvgIpc) is 3.49. The summed E-state index contributed by atoms with van der Waals surface area (Å²) in [5, 5.41) is 25.0. The van der Waals surface area contributed by atoms with Gasteiger partial charge in [0.15, 0.2) is 11.0 Å². The number of phenols is 1. The molecule has 0 aliphatic heterocycles. The van der Waals surface area contributed by atoms with E-state index in [4.69, 9.17) is 0 Å². The molecule has 0 bridgehead atoms. The fraction of sp³-hybridized carbons (Fsp3) is 0.182. The highest BCUT2D eigenvalue weighted by Gasteiger charge is 2.25. The van der Waals surface area contributed by atoms with E-state index in [1.165, 1.54) is 31.5 Å². The molecule has 156 valence electrons. The normalized spacial score (nSPS) is 13.3. The number of H-pyrrole nitrogens is 1. The van der Waals surface area contributed by atoms with E-state index in [2.05, 4.69) is 30.8 Å². The van der Waals surface area contributed by atoms with Crippen molar-refractivity contribution in [2.45, 2.75) is 35.7 Å². The van der Waals surface area contributed by atoms with Crippen molar-refractivity contribution in [2.75, 3.05) is 10.6 Å². The first-order chi connectivity index (χ1) is 15.0. The molecule has 1 fully saturated rings. The Kier molecular flexibility index (Phi) is 4.95. The number of anilines is 3. The molecule has 2 aromatic heterocycles. The average molecular weight is 433 g/mol. The van der Waals surface area contributed by atoms with Crippen LogP contribution < -0.4 is 10.6 Å². The molecule has 0 saturated heterocycles. The van der Waals surface area contributed by atoms with Gasteiger partial charge in [-0.15, -0.1) is 0 Å². The number of hydrogen-bond acceptors (Lipinski definition) is 7. The molecule has 1 aliphatic carbocycles. The van der Waals surface area contributed by atoms with Crippen LogP contribution in [0.5, 0.6) is 5.75 Å². The number of para-hydroxylation sites is 1. The molecule has 31 heavy (non-hydrogen) atoms. The second-order valence-corrected chi connectivity index (χ2v) is 8.48. The Morgan fingerprint density at radius 1 is 1.16 bits per heavy atom. The first-order valence-electron chi connectivity index (χ1n) is 9.93. The van der Waals surface area contributed by atoms with Crippen molar-refractivity contribution in [3.63, 3.8) is 0 Å². The molecule has 1 saturated carbocycles. The lowest BCUT2D eigenvalue weighted by atomic mass is 10.2. The second-order valence-electron chi connectivity index (χ2n) is 7.44. The predicted octanol–water partition coefficient (Wildman–Crippen LogP) is 4.79. The summed E-state index contributed by atoms with van der Waals surface area (Å²) in [5.74, 6) is 1.80. The molecule has 9 heteroatoms. The third-order valence-electron chi connectivity index (χ3n) is 4.93. The van der Waals surface area contributed by atoms with Crippen LogP contribution in [0.1, 0.15) is 31.4 Å². The number of rotatable bonds is 6. The summed E-state index contributed by atoms with van der Waals surface area (Å²) in [6.07, 6.45) is 2.38. The predicted molar refractivity (Wildman–Crippen MR) is 120 cm³/mol. The number of amides is 1. The number of hydrogen-bond donors (Lipinski definition) is 4. The number of aromatic nitrogens is 4. The van der Waals surface area contributed by atoms with Crippen LogP contribution in [0.4, 0.5) is 17.3 Å². The van der Waals surface area contributed by atoms with Gasteiger partial charge in [0.2, 0.25) is 5.91 Å². The van der Waals surface area contributed by atoms with Gasteiger partial charge in [-0.1, -0.05) is 6.07 Å². The summed E-state index contributed by atoms with van der Waals surface area (Å²) < 4.78 is 0. The topological polar surface area (TPSA) is 116 Å². The molecule has 8 nitrogen and oxygen atoms in total. The Hall–Kier alpha value is -3.59. The smallest absolute Gasteiger partial charge is 0.221 e. The lowest BCUT2D eigenvalue weighted by molar-refractivity contribution is -0.114. The molecule has 4 aromatic rings. The molecule has 2 heterocycles. The molecule has 4 N–H and O–H groups in total. The van der Waals surface area contributed by atoms with Crippen LogP contribution in [-0.4, -0.2) is 31.2 Å². The highest BCUT2D eigenvalue weighted by Crippen LogP contribution is 2.40. The fourth-order valence-electron chi connectivity index (χ4n) is 3.30. The van der Waals surface area contributed by atoms with Gasteiger partial charge >= 0.3 is 0 Å². The minimum Gasteiger partial charge on any atom is -0.506 e. The quantitative estimate of drug-likeness (QED) is 0.324. The van der Waals surface area contributed by atoms with E-state index >= 15 is 0 Å². The number of nitrogens with one attached hydrogen (secondary N) is 3. The lowest BCUT2D eigenvalue weighted by Crippen LogP contribution is -2.05. The largest absolute Gasteiger partial charge is 0.506 e. The number of carbonyl (C=O) groups is 1. The monoisotopic (exact) mass is 432 g/mol. The van der Waals surface area contributed by atoms with Crippen LogP contribution in [0.15, 0.2) is 58.6 Å². The first-order valence-corrected chi connectivity index (χ1v) is 10.7. The van der Waals surface area contributed by atoms with Crippen LogP contribution in [0.2, 0.25) is 0 Å². The molecular formula is C22H20N6O2S. The highest BCUT2D eigenvalue weighted by molar-refractivity contribution is 7.99. The zero-order chi connectivity index (χ0) is 21.4. The first kappa shape index (κ1) is 19.4. The fourth-order valence-corrected chi connectivity index (χ4v) is 4.05. The van der Waals surface area contributed by atoms with Gasteiger partial charge < -0.3 is 15.7 Å². The van der Waals surface area contributed by atoms with E-state index in [0.29, 0.717) is 33.6 Å². The van der Waals surface area contributed by atoms with Gasteiger partial charge in [0.1, 0.15) is 17.1 Å². The summed E-state index contributed by atoms with van der Waals surface area (Å²) in [5.41, 5.74) is 2.31. The molecule has 0 spiro atoms. The van der Waals surface area contributed by atoms with Crippen LogP contribution >= 0.6 is 11.8 Å². The van der Waals surface area contributed by atoms with Crippen molar-refractivity contribution in [3.8, 4) is 5.75 Å².